The average Bonchev–Trinajstić information content (AvgIpc) is 2.69. The Morgan fingerprint density at radius 1 is 1.57 bits per heavy atom. The van der Waals surface area contributed by atoms with Gasteiger partial charge in [-0.1, -0.05) is 13.3 Å². The topological polar surface area (TPSA) is 41.1 Å². The van der Waals surface area contributed by atoms with Gasteiger partial charge in [0.05, 0.1) is 0 Å². The lowest BCUT2D eigenvalue weighted by Crippen LogP contribution is -2.29. The highest BCUT2D eigenvalue weighted by atomic mass is 16.1. The van der Waals surface area contributed by atoms with Crippen molar-refractivity contribution in [3.63, 3.8) is 0 Å². The van der Waals surface area contributed by atoms with Crippen LogP contribution < -0.4 is 10.6 Å². The molecule has 2 N–H and O–H groups in total. The standard InChI is InChI=1S/C11H20N2O/c1-2-9-6-10(9)13-11(14)5-8-3-4-12-7-8/h8-10,12H,2-7H2,1H3,(H,13,14). The quantitative estimate of drug-likeness (QED) is 0.701. The third kappa shape index (κ3) is 2.47. The smallest absolute Gasteiger partial charge is 0.220 e. The minimum atomic E-state index is 0.264. The summed E-state index contributed by atoms with van der Waals surface area (Å²) in [6.45, 7) is 4.30. The van der Waals surface area contributed by atoms with E-state index in [1.807, 2.05) is 0 Å². The zero-order valence-corrected chi connectivity index (χ0v) is 8.88. The van der Waals surface area contributed by atoms with E-state index in [4.69, 9.17) is 0 Å². The van der Waals surface area contributed by atoms with Crippen LogP contribution >= 0.6 is 0 Å². The van der Waals surface area contributed by atoms with Crippen LogP contribution in [0.15, 0.2) is 0 Å². The highest BCUT2D eigenvalue weighted by Gasteiger charge is 2.36. The fraction of sp³-hybridized carbons (Fsp3) is 0.909. The first-order valence-corrected chi connectivity index (χ1v) is 5.79. The van der Waals surface area contributed by atoms with E-state index in [1.165, 1.54) is 12.8 Å². The zero-order valence-electron chi connectivity index (χ0n) is 8.88. The molecule has 2 rings (SSSR count). The van der Waals surface area contributed by atoms with Crippen molar-refractivity contribution in [3.8, 4) is 0 Å². The lowest BCUT2D eigenvalue weighted by atomic mass is 10.0. The SMILES string of the molecule is CCC1CC1NC(=O)CC1CCNC1. The minimum absolute atomic E-state index is 0.264. The Hall–Kier alpha value is -0.570. The monoisotopic (exact) mass is 196 g/mol. The van der Waals surface area contributed by atoms with Gasteiger partial charge in [0.2, 0.25) is 5.91 Å². The van der Waals surface area contributed by atoms with Crippen LogP contribution in [0.2, 0.25) is 0 Å². The average molecular weight is 196 g/mol. The molecule has 80 valence electrons. The van der Waals surface area contributed by atoms with Gasteiger partial charge in [0.15, 0.2) is 0 Å². The predicted octanol–water partition coefficient (Wildman–Crippen LogP) is 0.901. The molecule has 3 atom stereocenters. The minimum Gasteiger partial charge on any atom is -0.353 e. The lowest BCUT2D eigenvalue weighted by Gasteiger charge is -2.08. The molecule has 3 unspecified atom stereocenters. The molecule has 0 aromatic carbocycles. The summed E-state index contributed by atoms with van der Waals surface area (Å²) < 4.78 is 0. The molecule has 0 aromatic rings. The second-order valence-corrected chi connectivity index (χ2v) is 4.64. The van der Waals surface area contributed by atoms with E-state index in [9.17, 15) is 4.79 Å². The van der Waals surface area contributed by atoms with E-state index >= 15 is 0 Å². The highest BCUT2D eigenvalue weighted by Crippen LogP contribution is 2.33. The van der Waals surface area contributed by atoms with E-state index < -0.39 is 0 Å². The molecule has 0 spiro atoms. The van der Waals surface area contributed by atoms with Crippen molar-refractivity contribution in [2.45, 2.75) is 38.6 Å². The fourth-order valence-corrected chi connectivity index (χ4v) is 2.29. The van der Waals surface area contributed by atoms with E-state index in [2.05, 4.69) is 17.6 Å². The third-order valence-electron chi connectivity index (χ3n) is 3.43. The molecule has 14 heavy (non-hydrogen) atoms. The Labute approximate surface area is 85.6 Å². The number of hydrogen-bond donors (Lipinski definition) is 2. The summed E-state index contributed by atoms with van der Waals surface area (Å²) in [4.78, 5) is 11.6. The van der Waals surface area contributed by atoms with Crippen molar-refractivity contribution < 1.29 is 4.79 Å². The first-order valence-electron chi connectivity index (χ1n) is 5.79. The Morgan fingerprint density at radius 3 is 3.00 bits per heavy atom. The zero-order chi connectivity index (χ0) is 9.97. The van der Waals surface area contributed by atoms with Gasteiger partial charge in [-0.25, -0.2) is 0 Å². The number of amides is 1. The van der Waals surface area contributed by atoms with Gasteiger partial charge in [0.25, 0.3) is 0 Å². The van der Waals surface area contributed by atoms with Gasteiger partial charge in [0.1, 0.15) is 0 Å². The lowest BCUT2D eigenvalue weighted by molar-refractivity contribution is -0.122. The molecule has 1 amide bonds. The van der Waals surface area contributed by atoms with Crippen molar-refractivity contribution in [2.24, 2.45) is 11.8 Å². The van der Waals surface area contributed by atoms with E-state index in [1.54, 1.807) is 0 Å². The van der Waals surface area contributed by atoms with Crippen LogP contribution in [0.1, 0.15) is 32.6 Å². The molecular formula is C11H20N2O. The molecule has 2 fully saturated rings. The van der Waals surface area contributed by atoms with Crippen LogP contribution in [0.3, 0.4) is 0 Å². The van der Waals surface area contributed by atoms with Crippen molar-refractivity contribution in [3.05, 3.63) is 0 Å². The molecule has 0 bridgehead atoms. The maximum atomic E-state index is 11.6. The first kappa shape index (κ1) is 9.97. The van der Waals surface area contributed by atoms with E-state index in [0.29, 0.717) is 12.0 Å². The van der Waals surface area contributed by atoms with Gasteiger partial charge in [-0.15, -0.1) is 0 Å². The Kier molecular flexibility index (Phi) is 3.06. The molecule has 3 nitrogen and oxygen atoms in total. The van der Waals surface area contributed by atoms with Crippen molar-refractivity contribution >= 4 is 5.91 Å². The Bertz CT molecular complexity index is 211. The van der Waals surface area contributed by atoms with E-state index in [0.717, 1.165) is 31.8 Å². The summed E-state index contributed by atoms with van der Waals surface area (Å²) in [7, 11) is 0. The molecule has 3 heteroatoms. The largest absolute Gasteiger partial charge is 0.353 e. The Morgan fingerprint density at radius 2 is 2.43 bits per heavy atom. The van der Waals surface area contributed by atoms with Gasteiger partial charge in [-0.05, 0) is 37.8 Å². The van der Waals surface area contributed by atoms with Gasteiger partial charge < -0.3 is 10.6 Å². The molecular weight excluding hydrogens is 176 g/mol. The number of rotatable bonds is 4. The maximum Gasteiger partial charge on any atom is 0.220 e. The normalized spacial score (nSPS) is 35.6. The van der Waals surface area contributed by atoms with Crippen molar-refractivity contribution in [1.82, 2.24) is 10.6 Å². The summed E-state index contributed by atoms with van der Waals surface area (Å²) in [5.41, 5.74) is 0. The van der Waals surface area contributed by atoms with Gasteiger partial charge in [-0.3, -0.25) is 4.79 Å². The fourth-order valence-electron chi connectivity index (χ4n) is 2.29. The van der Waals surface area contributed by atoms with Crippen LogP contribution in [-0.2, 0) is 4.79 Å². The van der Waals surface area contributed by atoms with Crippen LogP contribution in [-0.4, -0.2) is 25.0 Å². The molecule has 0 aromatic heterocycles. The number of nitrogens with one attached hydrogen (secondary N) is 2. The predicted molar refractivity (Wildman–Crippen MR) is 55.9 cm³/mol. The number of hydrogen-bond acceptors (Lipinski definition) is 2. The Balaban J connectivity index is 1.64. The highest BCUT2D eigenvalue weighted by molar-refractivity contribution is 5.77. The summed E-state index contributed by atoms with van der Waals surface area (Å²) in [5, 5.41) is 6.40. The molecule has 1 aliphatic heterocycles. The molecule has 1 saturated heterocycles. The number of carbonyl (C=O) groups excluding carboxylic acids is 1. The summed E-state index contributed by atoms with van der Waals surface area (Å²) in [6, 6.07) is 0.502. The summed E-state index contributed by atoms with van der Waals surface area (Å²) in [6.07, 6.45) is 4.29. The molecule has 0 radical (unpaired) electrons. The van der Waals surface area contributed by atoms with Gasteiger partial charge in [0, 0.05) is 12.5 Å². The summed E-state index contributed by atoms with van der Waals surface area (Å²) >= 11 is 0. The van der Waals surface area contributed by atoms with Crippen LogP contribution in [0.5, 0.6) is 0 Å². The molecule has 2 aliphatic rings. The second-order valence-electron chi connectivity index (χ2n) is 4.64. The van der Waals surface area contributed by atoms with Gasteiger partial charge in [-0.2, -0.15) is 0 Å². The second kappa shape index (κ2) is 4.30. The molecule has 1 aliphatic carbocycles. The number of carbonyl (C=O) groups is 1. The van der Waals surface area contributed by atoms with Crippen molar-refractivity contribution in [2.75, 3.05) is 13.1 Å². The van der Waals surface area contributed by atoms with Crippen LogP contribution in [0, 0.1) is 11.8 Å². The maximum absolute atomic E-state index is 11.6. The molecule has 1 heterocycles. The van der Waals surface area contributed by atoms with E-state index in [-0.39, 0.29) is 5.91 Å². The van der Waals surface area contributed by atoms with Crippen LogP contribution in [0.4, 0.5) is 0 Å². The van der Waals surface area contributed by atoms with Crippen LogP contribution in [0.25, 0.3) is 0 Å². The molecule has 1 saturated carbocycles. The van der Waals surface area contributed by atoms with Gasteiger partial charge >= 0.3 is 0 Å². The summed E-state index contributed by atoms with van der Waals surface area (Å²) in [5.74, 6) is 1.61. The third-order valence-corrected chi connectivity index (χ3v) is 3.43. The van der Waals surface area contributed by atoms with Crippen molar-refractivity contribution in [1.29, 1.82) is 0 Å². The first-order chi connectivity index (χ1) is 6.79.